The number of thiazole rings is 1. The minimum absolute atomic E-state index is 0.0338. The molecule has 2 heterocycles. The monoisotopic (exact) mass is 557 g/mol. The molecule has 0 radical (unpaired) electrons. The summed E-state index contributed by atoms with van der Waals surface area (Å²) in [5.41, 5.74) is 1.35. The van der Waals surface area contributed by atoms with E-state index in [0.29, 0.717) is 37.8 Å². The van der Waals surface area contributed by atoms with E-state index < -0.39 is 18.0 Å². The van der Waals surface area contributed by atoms with Gasteiger partial charge in [0.1, 0.15) is 4.53 Å². The van der Waals surface area contributed by atoms with Gasteiger partial charge in [0.15, 0.2) is 16.3 Å². The predicted molar refractivity (Wildman–Crippen MR) is 143 cm³/mol. The number of carbonyl (C=O) groups excluding carboxylic acids is 1. The molecule has 0 bridgehead atoms. The first-order chi connectivity index (χ1) is 18.2. The molecular formula is C26H24ClN3O7S. The Hall–Kier alpha value is -4.09. The Morgan fingerprint density at radius 2 is 1.92 bits per heavy atom. The first-order valence-electron chi connectivity index (χ1n) is 11.4. The average molecular weight is 558 g/mol. The number of methoxy groups -OCH3 is 2. The van der Waals surface area contributed by atoms with Gasteiger partial charge in [-0.25, -0.2) is 14.6 Å². The Morgan fingerprint density at radius 3 is 2.55 bits per heavy atom. The van der Waals surface area contributed by atoms with Gasteiger partial charge in [-0.05, 0) is 49.7 Å². The molecule has 0 aliphatic carbocycles. The van der Waals surface area contributed by atoms with Crippen molar-refractivity contribution >= 4 is 46.8 Å². The zero-order chi connectivity index (χ0) is 27.6. The van der Waals surface area contributed by atoms with Crippen molar-refractivity contribution in [3.8, 4) is 11.5 Å². The highest BCUT2D eigenvalue weighted by Crippen LogP contribution is 2.36. The molecule has 198 valence electrons. The first kappa shape index (κ1) is 27.0. The Bertz CT molecular complexity index is 1640. The van der Waals surface area contributed by atoms with Gasteiger partial charge in [-0.2, -0.15) is 0 Å². The number of carboxylic acids is 1. The van der Waals surface area contributed by atoms with Gasteiger partial charge in [-0.15, -0.1) is 0 Å². The third-order valence-electron chi connectivity index (χ3n) is 5.81. The molecule has 10 nitrogen and oxygen atoms in total. The van der Waals surface area contributed by atoms with Crippen LogP contribution in [0, 0.1) is 0 Å². The number of aromatic carboxylic acids is 1. The summed E-state index contributed by atoms with van der Waals surface area (Å²) in [6.45, 7) is 3.56. The van der Waals surface area contributed by atoms with Gasteiger partial charge in [0.2, 0.25) is 0 Å². The van der Waals surface area contributed by atoms with E-state index in [1.54, 1.807) is 38.1 Å². The zero-order valence-corrected chi connectivity index (χ0v) is 22.5. The number of aromatic nitrogens is 1. The van der Waals surface area contributed by atoms with Gasteiger partial charge in [-0.1, -0.05) is 29.0 Å². The van der Waals surface area contributed by atoms with E-state index in [0.717, 1.165) is 11.3 Å². The van der Waals surface area contributed by atoms with Crippen molar-refractivity contribution in [3.05, 3.63) is 83.5 Å². The highest BCUT2D eigenvalue weighted by molar-refractivity contribution is 7.07. The number of nitrogens with one attached hydrogen (secondary N) is 1. The van der Waals surface area contributed by atoms with Crippen molar-refractivity contribution < 1.29 is 28.9 Å². The number of carbonyl (C=O) groups is 2. The van der Waals surface area contributed by atoms with Crippen molar-refractivity contribution in [2.75, 3.05) is 26.1 Å². The summed E-state index contributed by atoms with van der Waals surface area (Å²) < 4.78 is 17.9. The standard InChI is InChI=1S/C26H24ClN3O7S/c1-5-37-25(34)21-13(2)29-26-30(22(21)14-6-9-18(35-3)19(10-14)36-4)23(31)20(38-26)12-28-15-7-8-16(24(32)33)17(27)11-15/h6-12,22,28H,5H2,1-4H3,(H,32,33)/b20-12-/t22-/m0/s1. The number of nitrogens with zero attached hydrogens (tertiary/aromatic N) is 2. The Kier molecular flexibility index (Phi) is 7.88. The molecule has 12 heteroatoms. The van der Waals surface area contributed by atoms with Crippen LogP contribution in [-0.4, -0.2) is 42.4 Å². The fraction of sp³-hybridized carbons (Fsp3) is 0.231. The second-order valence-electron chi connectivity index (χ2n) is 8.06. The number of hydrogen-bond donors (Lipinski definition) is 2. The number of fused-ring (bicyclic) bond motifs is 1. The molecule has 2 N–H and O–H groups in total. The highest BCUT2D eigenvalue weighted by atomic mass is 35.5. The topological polar surface area (TPSA) is 128 Å². The van der Waals surface area contributed by atoms with E-state index in [1.165, 1.54) is 37.1 Å². The number of hydrogen-bond acceptors (Lipinski definition) is 9. The van der Waals surface area contributed by atoms with Gasteiger partial charge >= 0.3 is 11.9 Å². The van der Waals surface area contributed by atoms with Crippen LogP contribution in [0.2, 0.25) is 5.02 Å². The third kappa shape index (κ3) is 5.02. The van der Waals surface area contributed by atoms with Crippen LogP contribution in [0.25, 0.3) is 6.20 Å². The number of rotatable bonds is 8. The number of halogens is 1. The zero-order valence-electron chi connectivity index (χ0n) is 20.9. The molecule has 0 fully saturated rings. The predicted octanol–water partition coefficient (Wildman–Crippen LogP) is 3.19. The summed E-state index contributed by atoms with van der Waals surface area (Å²) >= 11 is 7.20. The Balaban J connectivity index is 1.85. The van der Waals surface area contributed by atoms with E-state index in [1.807, 2.05) is 0 Å². The second-order valence-corrected chi connectivity index (χ2v) is 9.48. The lowest BCUT2D eigenvalue weighted by molar-refractivity contribution is -0.139. The summed E-state index contributed by atoms with van der Waals surface area (Å²) in [5.74, 6) is -0.779. The lowest BCUT2D eigenvalue weighted by Crippen LogP contribution is -2.40. The van der Waals surface area contributed by atoms with Gasteiger partial charge < -0.3 is 24.6 Å². The van der Waals surface area contributed by atoms with Crippen molar-refractivity contribution in [2.45, 2.75) is 19.9 Å². The van der Waals surface area contributed by atoms with E-state index in [-0.39, 0.29) is 28.3 Å². The molecule has 3 aromatic rings. The molecular weight excluding hydrogens is 534 g/mol. The Labute approximate surface area is 226 Å². The molecule has 1 aromatic heterocycles. The van der Waals surface area contributed by atoms with E-state index in [2.05, 4.69) is 10.3 Å². The summed E-state index contributed by atoms with van der Waals surface area (Å²) in [6.07, 6.45) is 1.49. The lowest BCUT2D eigenvalue weighted by Gasteiger charge is -2.25. The van der Waals surface area contributed by atoms with Crippen LogP contribution in [0.1, 0.15) is 35.8 Å². The van der Waals surface area contributed by atoms with Crippen molar-refractivity contribution in [3.63, 3.8) is 0 Å². The SMILES string of the molecule is CCOC(=O)C1=C(C)N=c2s/c(=C\Nc3ccc(C(=O)O)c(Cl)c3)c(=O)n2[C@H]1c1ccc(OC)c(OC)c1. The van der Waals surface area contributed by atoms with E-state index in [4.69, 9.17) is 25.8 Å². The van der Waals surface area contributed by atoms with Crippen LogP contribution in [0.15, 0.2) is 57.5 Å². The third-order valence-corrected chi connectivity index (χ3v) is 7.11. The maximum atomic E-state index is 13.6. The average Bonchev–Trinajstić information content (AvgIpc) is 3.20. The minimum Gasteiger partial charge on any atom is -0.493 e. The quantitative estimate of drug-likeness (QED) is 0.404. The normalized spacial score (nSPS) is 15.0. The maximum absolute atomic E-state index is 13.6. The smallest absolute Gasteiger partial charge is 0.338 e. The van der Waals surface area contributed by atoms with Crippen LogP contribution >= 0.6 is 22.9 Å². The van der Waals surface area contributed by atoms with Gasteiger partial charge in [0.25, 0.3) is 5.56 Å². The summed E-state index contributed by atoms with van der Waals surface area (Å²) in [7, 11) is 3.02. The van der Waals surface area contributed by atoms with Crippen LogP contribution in [0.4, 0.5) is 5.69 Å². The van der Waals surface area contributed by atoms with Crippen LogP contribution in [0.3, 0.4) is 0 Å². The fourth-order valence-electron chi connectivity index (χ4n) is 4.06. The minimum atomic E-state index is -1.14. The second kappa shape index (κ2) is 11.1. The van der Waals surface area contributed by atoms with Gasteiger partial charge in [0.05, 0.1) is 48.7 Å². The van der Waals surface area contributed by atoms with E-state index in [9.17, 15) is 19.5 Å². The van der Waals surface area contributed by atoms with Crippen molar-refractivity contribution in [1.82, 2.24) is 4.57 Å². The summed E-state index contributed by atoms with van der Waals surface area (Å²) in [6, 6.07) is 8.71. The fourth-order valence-corrected chi connectivity index (χ4v) is 5.29. The molecule has 0 unspecified atom stereocenters. The lowest BCUT2D eigenvalue weighted by atomic mass is 9.95. The molecule has 1 aliphatic rings. The molecule has 1 atom stereocenters. The van der Waals surface area contributed by atoms with Crippen molar-refractivity contribution in [2.24, 2.45) is 4.99 Å². The molecule has 0 spiro atoms. The molecule has 0 saturated heterocycles. The summed E-state index contributed by atoms with van der Waals surface area (Å²) in [5, 5.41) is 12.2. The molecule has 4 rings (SSSR count). The molecule has 2 aromatic carbocycles. The Morgan fingerprint density at radius 1 is 1.18 bits per heavy atom. The number of ether oxygens (including phenoxy) is 3. The van der Waals surface area contributed by atoms with Crippen LogP contribution < -0.4 is 29.7 Å². The maximum Gasteiger partial charge on any atom is 0.338 e. The number of anilines is 1. The highest BCUT2D eigenvalue weighted by Gasteiger charge is 2.34. The number of allylic oxidation sites excluding steroid dienone is 1. The number of esters is 1. The van der Waals surface area contributed by atoms with Crippen LogP contribution in [0.5, 0.6) is 11.5 Å². The van der Waals surface area contributed by atoms with Crippen molar-refractivity contribution in [1.29, 1.82) is 0 Å². The number of benzene rings is 2. The van der Waals surface area contributed by atoms with Crippen LogP contribution in [-0.2, 0) is 9.53 Å². The molecule has 0 saturated carbocycles. The van der Waals surface area contributed by atoms with Gasteiger partial charge in [-0.3, -0.25) is 9.36 Å². The van der Waals surface area contributed by atoms with E-state index >= 15 is 0 Å². The van der Waals surface area contributed by atoms with Gasteiger partial charge in [0, 0.05) is 11.9 Å². The summed E-state index contributed by atoms with van der Waals surface area (Å²) in [4.78, 5) is 42.8. The number of carboxylic acid groups (broad SMARTS) is 1. The largest absolute Gasteiger partial charge is 0.493 e. The first-order valence-corrected chi connectivity index (χ1v) is 12.6. The molecule has 1 aliphatic heterocycles. The molecule has 38 heavy (non-hydrogen) atoms. The molecule has 0 amide bonds.